The Morgan fingerprint density at radius 2 is 1.89 bits per heavy atom. The first kappa shape index (κ1) is 17.7. The van der Waals surface area contributed by atoms with Crippen LogP contribution >= 0.6 is 0 Å². The van der Waals surface area contributed by atoms with Gasteiger partial charge in [0.05, 0.1) is 6.61 Å². The molecule has 4 rings (SSSR count). The number of rotatable bonds is 6. The summed E-state index contributed by atoms with van der Waals surface area (Å²) in [6.07, 6.45) is 8.48. The third-order valence-electron chi connectivity index (χ3n) is 5.28. The molecule has 27 heavy (non-hydrogen) atoms. The molecule has 0 spiro atoms. The van der Waals surface area contributed by atoms with Crippen LogP contribution in [0.15, 0.2) is 42.6 Å². The van der Waals surface area contributed by atoms with E-state index in [1.54, 1.807) is 0 Å². The summed E-state index contributed by atoms with van der Waals surface area (Å²) in [4.78, 5) is 4.86. The number of ether oxygens (including phenoxy) is 1. The fourth-order valence-electron chi connectivity index (χ4n) is 3.82. The number of nitrogens with zero attached hydrogens (tertiary/aromatic N) is 2. The van der Waals surface area contributed by atoms with Crippen molar-refractivity contribution in [2.75, 3.05) is 17.2 Å². The zero-order chi connectivity index (χ0) is 18.6. The molecule has 0 unspecified atom stereocenters. The van der Waals surface area contributed by atoms with E-state index in [1.165, 1.54) is 32.1 Å². The van der Waals surface area contributed by atoms with Crippen LogP contribution in [0.5, 0.6) is 5.75 Å². The van der Waals surface area contributed by atoms with Crippen molar-refractivity contribution >= 4 is 23.0 Å². The molecule has 1 aliphatic rings. The van der Waals surface area contributed by atoms with Crippen molar-refractivity contribution in [3.8, 4) is 5.75 Å². The summed E-state index contributed by atoms with van der Waals surface area (Å²) in [5, 5.41) is 7.27. The summed E-state index contributed by atoms with van der Waals surface area (Å²) in [5.41, 5.74) is 3.12. The lowest BCUT2D eigenvalue weighted by Gasteiger charge is -2.25. The van der Waals surface area contributed by atoms with E-state index in [-0.39, 0.29) is 0 Å². The second-order valence-electron chi connectivity index (χ2n) is 7.23. The van der Waals surface area contributed by atoms with Gasteiger partial charge in [-0.3, -0.25) is 4.40 Å². The first-order chi connectivity index (χ1) is 13.2. The molecule has 1 saturated carbocycles. The van der Waals surface area contributed by atoms with Crippen molar-refractivity contribution in [3.05, 3.63) is 48.2 Å². The Balaban J connectivity index is 1.64. The minimum Gasteiger partial charge on any atom is -0.494 e. The van der Waals surface area contributed by atoms with Crippen LogP contribution in [0.3, 0.4) is 0 Å². The van der Waals surface area contributed by atoms with E-state index in [4.69, 9.17) is 9.72 Å². The Labute approximate surface area is 160 Å². The predicted octanol–water partition coefficient (Wildman–Crippen LogP) is 5.53. The van der Waals surface area contributed by atoms with Crippen LogP contribution in [-0.2, 0) is 0 Å². The molecule has 0 bridgehead atoms. The first-order valence-electron chi connectivity index (χ1n) is 9.98. The molecule has 5 heteroatoms. The lowest BCUT2D eigenvalue weighted by atomic mass is 9.95. The number of fused-ring (bicyclic) bond motifs is 1. The molecule has 0 aliphatic heterocycles. The summed E-state index contributed by atoms with van der Waals surface area (Å²) in [6, 6.07) is 12.7. The minimum absolute atomic E-state index is 0.528. The van der Waals surface area contributed by atoms with Crippen LogP contribution in [0.1, 0.15) is 44.6 Å². The van der Waals surface area contributed by atoms with E-state index in [0.29, 0.717) is 12.6 Å². The van der Waals surface area contributed by atoms with E-state index < -0.39 is 0 Å². The molecule has 0 radical (unpaired) electrons. The lowest BCUT2D eigenvalue weighted by molar-refractivity contribution is 0.340. The van der Waals surface area contributed by atoms with Crippen LogP contribution in [0.4, 0.5) is 17.3 Å². The molecule has 2 heterocycles. The monoisotopic (exact) mass is 364 g/mol. The maximum atomic E-state index is 5.54. The smallest absolute Gasteiger partial charge is 0.140 e. The summed E-state index contributed by atoms with van der Waals surface area (Å²) in [6.45, 7) is 4.81. The minimum atomic E-state index is 0.528. The quantitative estimate of drug-likeness (QED) is 0.604. The van der Waals surface area contributed by atoms with Gasteiger partial charge in [0.1, 0.15) is 23.0 Å². The Hall–Kier alpha value is -2.69. The number of aromatic nitrogens is 2. The summed E-state index contributed by atoms with van der Waals surface area (Å²) >= 11 is 0. The topological polar surface area (TPSA) is 50.6 Å². The van der Waals surface area contributed by atoms with Gasteiger partial charge in [0.15, 0.2) is 0 Å². The molecular weight excluding hydrogens is 336 g/mol. The van der Waals surface area contributed by atoms with Gasteiger partial charge in [0.25, 0.3) is 0 Å². The van der Waals surface area contributed by atoms with Crippen LogP contribution in [0.2, 0.25) is 0 Å². The highest BCUT2D eigenvalue weighted by Crippen LogP contribution is 2.30. The third-order valence-corrected chi connectivity index (χ3v) is 5.28. The number of nitrogens with one attached hydrogen (secondary N) is 2. The molecule has 3 aromatic rings. The highest BCUT2D eigenvalue weighted by molar-refractivity contribution is 5.70. The van der Waals surface area contributed by atoms with Gasteiger partial charge >= 0.3 is 0 Å². The molecule has 1 fully saturated rings. The van der Waals surface area contributed by atoms with E-state index >= 15 is 0 Å². The highest BCUT2D eigenvalue weighted by atomic mass is 16.5. The van der Waals surface area contributed by atoms with E-state index in [9.17, 15) is 0 Å². The van der Waals surface area contributed by atoms with Gasteiger partial charge in [-0.05, 0) is 63.1 Å². The highest BCUT2D eigenvalue weighted by Gasteiger charge is 2.17. The summed E-state index contributed by atoms with van der Waals surface area (Å²) < 4.78 is 7.65. The second kappa shape index (κ2) is 7.91. The molecule has 1 aromatic carbocycles. The molecular formula is C22H28N4O. The van der Waals surface area contributed by atoms with E-state index in [0.717, 1.165) is 34.3 Å². The maximum Gasteiger partial charge on any atom is 0.140 e. The van der Waals surface area contributed by atoms with Crippen molar-refractivity contribution < 1.29 is 4.74 Å². The van der Waals surface area contributed by atoms with E-state index in [2.05, 4.69) is 46.4 Å². The van der Waals surface area contributed by atoms with Gasteiger partial charge in [-0.1, -0.05) is 19.3 Å². The molecule has 0 amide bonds. The number of hydrogen-bond acceptors (Lipinski definition) is 4. The van der Waals surface area contributed by atoms with E-state index in [1.807, 2.05) is 25.1 Å². The number of hydrogen-bond donors (Lipinski definition) is 2. The van der Waals surface area contributed by atoms with Crippen LogP contribution in [0, 0.1) is 6.92 Å². The van der Waals surface area contributed by atoms with Crippen molar-refractivity contribution in [2.24, 2.45) is 0 Å². The molecule has 2 N–H and O–H groups in total. The maximum absolute atomic E-state index is 5.54. The van der Waals surface area contributed by atoms with Gasteiger partial charge in [0.2, 0.25) is 0 Å². The fraction of sp³-hybridized carbons (Fsp3) is 0.409. The molecule has 1 aliphatic carbocycles. The second-order valence-corrected chi connectivity index (χ2v) is 7.23. The van der Waals surface area contributed by atoms with Crippen molar-refractivity contribution in [2.45, 2.75) is 52.0 Å². The standard InChI is InChI=1S/C22H28N4O/c1-3-27-19-13-11-18(12-14-19)24-22-16(2)21(23-17-8-5-4-6-9-17)25-20-10-7-15-26(20)22/h7,10-15,17,24H,3-6,8-9H2,1-2H3,(H,23,25). The van der Waals surface area contributed by atoms with Crippen LogP contribution in [-0.4, -0.2) is 22.0 Å². The average molecular weight is 364 g/mol. The molecule has 142 valence electrons. The normalized spacial score (nSPS) is 15.0. The Morgan fingerprint density at radius 3 is 2.63 bits per heavy atom. The Kier molecular flexibility index (Phi) is 5.19. The van der Waals surface area contributed by atoms with Gasteiger partial charge in [-0.25, -0.2) is 4.98 Å². The largest absolute Gasteiger partial charge is 0.494 e. The zero-order valence-corrected chi connectivity index (χ0v) is 16.2. The molecule has 0 atom stereocenters. The van der Waals surface area contributed by atoms with Crippen molar-refractivity contribution in [1.29, 1.82) is 0 Å². The Morgan fingerprint density at radius 1 is 1.11 bits per heavy atom. The van der Waals surface area contributed by atoms with Gasteiger partial charge in [0, 0.05) is 23.5 Å². The fourth-order valence-corrected chi connectivity index (χ4v) is 3.82. The van der Waals surface area contributed by atoms with Gasteiger partial charge in [-0.15, -0.1) is 0 Å². The number of anilines is 3. The lowest BCUT2D eigenvalue weighted by Crippen LogP contribution is -2.24. The average Bonchev–Trinajstić information content (AvgIpc) is 3.16. The van der Waals surface area contributed by atoms with Crippen LogP contribution in [0.25, 0.3) is 5.65 Å². The summed E-state index contributed by atoms with van der Waals surface area (Å²) in [7, 11) is 0. The first-order valence-corrected chi connectivity index (χ1v) is 9.98. The number of benzene rings is 1. The SMILES string of the molecule is CCOc1ccc(Nc2c(C)c(NC3CCCCC3)nc3cccn23)cc1. The van der Waals surface area contributed by atoms with Crippen molar-refractivity contribution in [3.63, 3.8) is 0 Å². The predicted molar refractivity (Wildman–Crippen MR) is 111 cm³/mol. The summed E-state index contributed by atoms with van der Waals surface area (Å²) in [5.74, 6) is 2.93. The van der Waals surface area contributed by atoms with Crippen molar-refractivity contribution in [1.82, 2.24) is 9.38 Å². The molecule has 0 saturated heterocycles. The molecule has 2 aromatic heterocycles. The Bertz CT molecular complexity index is 895. The van der Waals surface area contributed by atoms with Gasteiger partial charge < -0.3 is 15.4 Å². The zero-order valence-electron chi connectivity index (χ0n) is 16.2. The van der Waals surface area contributed by atoms with Gasteiger partial charge in [-0.2, -0.15) is 0 Å². The van der Waals surface area contributed by atoms with Crippen LogP contribution < -0.4 is 15.4 Å². The molecule has 5 nitrogen and oxygen atoms in total. The third kappa shape index (κ3) is 3.87.